The van der Waals surface area contributed by atoms with Crippen molar-refractivity contribution >= 4 is 21.6 Å². The van der Waals surface area contributed by atoms with E-state index in [1.165, 1.54) is 6.07 Å². The highest BCUT2D eigenvalue weighted by Gasteiger charge is 2.27. The highest BCUT2D eigenvalue weighted by atomic mass is 35.5. The average Bonchev–Trinajstić information content (AvgIpc) is 2.76. The second-order valence-corrected chi connectivity index (χ2v) is 7.33. The predicted molar refractivity (Wildman–Crippen MR) is 75.2 cm³/mol. The molecule has 1 fully saturated rings. The summed E-state index contributed by atoms with van der Waals surface area (Å²) in [6.07, 6.45) is 2.56. The Kier molecular flexibility index (Phi) is 5.06. The lowest BCUT2D eigenvalue weighted by atomic mass is 10.1. The lowest BCUT2D eigenvalue weighted by Gasteiger charge is -2.14. The summed E-state index contributed by atoms with van der Waals surface area (Å²) in [6, 6.07) is 3.34. The van der Waals surface area contributed by atoms with Gasteiger partial charge in [0.1, 0.15) is 5.75 Å². The normalized spacial score (nSPS) is 22.7. The van der Waals surface area contributed by atoms with Gasteiger partial charge in [0.2, 0.25) is 10.0 Å². The van der Waals surface area contributed by atoms with E-state index in [2.05, 4.69) is 16.4 Å². The maximum atomic E-state index is 12.2. The summed E-state index contributed by atoms with van der Waals surface area (Å²) in [6.45, 7) is -0.940. The van der Waals surface area contributed by atoms with Gasteiger partial charge in [-0.05, 0) is 43.4 Å². The zero-order chi connectivity index (χ0) is 15.6. The van der Waals surface area contributed by atoms with Gasteiger partial charge in [-0.25, -0.2) is 13.1 Å². The minimum absolute atomic E-state index is 0.0614. The number of halogens is 3. The van der Waals surface area contributed by atoms with Gasteiger partial charge in [-0.2, -0.15) is 8.78 Å². The molecule has 8 heteroatoms. The molecule has 2 atom stereocenters. The van der Waals surface area contributed by atoms with Gasteiger partial charge in [0, 0.05) is 6.04 Å². The van der Waals surface area contributed by atoms with E-state index in [0.29, 0.717) is 5.92 Å². The fourth-order valence-electron chi connectivity index (χ4n) is 2.44. The van der Waals surface area contributed by atoms with Gasteiger partial charge in [0.15, 0.2) is 0 Å². The first kappa shape index (κ1) is 16.5. The molecular formula is C13H16ClF2NO3S. The largest absolute Gasteiger partial charge is 0.433 e. The first-order valence-electron chi connectivity index (χ1n) is 6.54. The number of nitrogens with one attached hydrogen (secondary N) is 1. The van der Waals surface area contributed by atoms with Crippen LogP contribution in [0, 0.1) is 5.92 Å². The molecule has 21 heavy (non-hydrogen) atoms. The Balaban J connectivity index is 2.15. The zero-order valence-electron chi connectivity index (χ0n) is 11.4. The maximum Gasteiger partial charge on any atom is 0.387 e. The molecule has 1 N–H and O–H groups in total. The van der Waals surface area contributed by atoms with Crippen molar-refractivity contribution in [1.29, 1.82) is 0 Å². The Morgan fingerprint density at radius 1 is 1.38 bits per heavy atom. The molecule has 1 aromatic carbocycles. The highest BCUT2D eigenvalue weighted by molar-refractivity contribution is 7.89. The quantitative estimate of drug-likeness (QED) is 0.894. The molecule has 1 aliphatic rings. The summed E-state index contributed by atoms with van der Waals surface area (Å²) in [5.41, 5.74) is 0. The Bertz CT molecular complexity index is 609. The number of hydrogen-bond donors (Lipinski definition) is 1. The number of hydrogen-bond acceptors (Lipinski definition) is 3. The van der Waals surface area contributed by atoms with E-state index in [9.17, 15) is 17.2 Å². The molecule has 0 heterocycles. The van der Waals surface area contributed by atoms with Gasteiger partial charge in [-0.3, -0.25) is 0 Å². The van der Waals surface area contributed by atoms with E-state index in [1.807, 2.05) is 0 Å². The van der Waals surface area contributed by atoms with Crippen molar-refractivity contribution in [1.82, 2.24) is 4.72 Å². The van der Waals surface area contributed by atoms with Gasteiger partial charge in [-0.15, -0.1) is 0 Å². The Morgan fingerprint density at radius 3 is 2.62 bits per heavy atom. The highest BCUT2D eigenvalue weighted by Crippen LogP contribution is 2.30. The van der Waals surface area contributed by atoms with Crippen molar-refractivity contribution in [3.8, 4) is 5.75 Å². The van der Waals surface area contributed by atoms with Crippen LogP contribution in [-0.2, 0) is 10.0 Å². The summed E-state index contributed by atoms with van der Waals surface area (Å²) >= 11 is 5.77. The molecule has 2 rings (SSSR count). The average molecular weight is 340 g/mol. The van der Waals surface area contributed by atoms with Crippen LogP contribution in [0.5, 0.6) is 5.75 Å². The summed E-state index contributed by atoms with van der Waals surface area (Å²) in [4.78, 5) is -0.0614. The zero-order valence-corrected chi connectivity index (χ0v) is 12.9. The van der Waals surface area contributed by atoms with Crippen molar-refractivity contribution in [2.24, 2.45) is 5.92 Å². The van der Waals surface area contributed by atoms with Crippen LogP contribution in [0.2, 0.25) is 5.02 Å². The van der Waals surface area contributed by atoms with E-state index < -0.39 is 16.6 Å². The second kappa shape index (κ2) is 6.46. The van der Waals surface area contributed by atoms with Gasteiger partial charge in [-0.1, -0.05) is 18.5 Å². The van der Waals surface area contributed by atoms with Crippen molar-refractivity contribution in [2.45, 2.75) is 43.7 Å². The van der Waals surface area contributed by atoms with Crippen molar-refractivity contribution < 1.29 is 21.9 Å². The van der Waals surface area contributed by atoms with E-state index in [-0.39, 0.29) is 21.7 Å². The fraction of sp³-hybridized carbons (Fsp3) is 0.538. The first-order chi connectivity index (χ1) is 9.78. The van der Waals surface area contributed by atoms with E-state index >= 15 is 0 Å². The molecular weight excluding hydrogens is 324 g/mol. The number of ether oxygens (including phenoxy) is 1. The molecule has 2 unspecified atom stereocenters. The standard InChI is InChI=1S/C13H16ClF2NO3S/c1-8-2-3-9(6-8)17-21(18,19)10-4-5-12(11(14)7-10)20-13(15)16/h4-5,7-9,13,17H,2-3,6H2,1H3. The van der Waals surface area contributed by atoms with Crippen LogP contribution in [-0.4, -0.2) is 21.1 Å². The lowest BCUT2D eigenvalue weighted by molar-refractivity contribution is -0.0498. The molecule has 0 radical (unpaired) electrons. The van der Waals surface area contributed by atoms with Crippen LogP contribution in [0.1, 0.15) is 26.2 Å². The van der Waals surface area contributed by atoms with E-state index in [0.717, 1.165) is 31.4 Å². The monoisotopic (exact) mass is 339 g/mol. The SMILES string of the molecule is CC1CCC(NS(=O)(=O)c2ccc(OC(F)F)c(Cl)c2)C1. The topological polar surface area (TPSA) is 55.4 Å². The number of benzene rings is 1. The number of alkyl halides is 2. The lowest BCUT2D eigenvalue weighted by Crippen LogP contribution is -2.32. The smallest absolute Gasteiger partial charge is 0.387 e. The van der Waals surface area contributed by atoms with Gasteiger partial charge in [0.25, 0.3) is 0 Å². The molecule has 0 bridgehead atoms. The van der Waals surface area contributed by atoms with Crippen LogP contribution >= 0.6 is 11.6 Å². The van der Waals surface area contributed by atoms with E-state index in [4.69, 9.17) is 11.6 Å². The van der Waals surface area contributed by atoms with Gasteiger partial charge < -0.3 is 4.74 Å². The van der Waals surface area contributed by atoms with Gasteiger partial charge >= 0.3 is 6.61 Å². The van der Waals surface area contributed by atoms with Crippen molar-refractivity contribution in [3.63, 3.8) is 0 Å². The van der Waals surface area contributed by atoms with Gasteiger partial charge in [0.05, 0.1) is 9.92 Å². The second-order valence-electron chi connectivity index (χ2n) is 5.21. The summed E-state index contributed by atoms with van der Waals surface area (Å²) in [5, 5.41) is -0.169. The number of sulfonamides is 1. The summed E-state index contributed by atoms with van der Waals surface area (Å²) in [7, 11) is -3.71. The van der Waals surface area contributed by atoms with Crippen LogP contribution < -0.4 is 9.46 Å². The molecule has 1 saturated carbocycles. The predicted octanol–water partition coefficient (Wildman–Crippen LogP) is 3.41. The third-order valence-corrected chi connectivity index (χ3v) is 5.26. The van der Waals surface area contributed by atoms with E-state index in [1.54, 1.807) is 0 Å². The summed E-state index contributed by atoms with van der Waals surface area (Å²) in [5.74, 6) is 0.239. The molecule has 0 aliphatic heterocycles. The fourth-order valence-corrected chi connectivity index (χ4v) is 4.04. The molecule has 118 valence electrons. The third-order valence-electron chi connectivity index (χ3n) is 3.45. The molecule has 0 saturated heterocycles. The van der Waals surface area contributed by atoms with Crippen LogP contribution in [0.25, 0.3) is 0 Å². The van der Waals surface area contributed by atoms with Crippen LogP contribution in [0.15, 0.2) is 23.1 Å². The van der Waals surface area contributed by atoms with Crippen molar-refractivity contribution in [3.05, 3.63) is 23.2 Å². The molecule has 1 aromatic rings. The Hall–Kier alpha value is -0.920. The molecule has 1 aliphatic carbocycles. The molecule has 0 aromatic heterocycles. The number of rotatable bonds is 5. The first-order valence-corrected chi connectivity index (χ1v) is 8.41. The minimum atomic E-state index is -3.71. The molecule has 4 nitrogen and oxygen atoms in total. The van der Waals surface area contributed by atoms with Crippen molar-refractivity contribution in [2.75, 3.05) is 0 Å². The van der Waals surface area contributed by atoms with Crippen LogP contribution in [0.4, 0.5) is 8.78 Å². The summed E-state index contributed by atoms with van der Waals surface area (Å²) < 4.78 is 55.5. The molecule has 0 spiro atoms. The third kappa shape index (κ3) is 4.28. The molecule has 0 amide bonds. The minimum Gasteiger partial charge on any atom is -0.433 e. The maximum absolute atomic E-state index is 12.2. The Labute approximate surface area is 127 Å². The van der Waals surface area contributed by atoms with Crippen LogP contribution in [0.3, 0.4) is 0 Å². The Morgan fingerprint density at radius 2 is 2.10 bits per heavy atom.